The highest BCUT2D eigenvalue weighted by atomic mass is 15.3. The average molecular weight is 286 g/mol. The van der Waals surface area contributed by atoms with E-state index in [1.807, 2.05) is 4.68 Å². The van der Waals surface area contributed by atoms with Gasteiger partial charge < -0.3 is 5.73 Å². The molecule has 1 atom stereocenters. The highest BCUT2D eigenvalue weighted by Crippen LogP contribution is 2.18. The Labute approximate surface area is 127 Å². The third-order valence-corrected chi connectivity index (χ3v) is 3.86. The van der Waals surface area contributed by atoms with Gasteiger partial charge in [0.2, 0.25) is 0 Å². The normalized spacial score (nSPS) is 12.6. The minimum atomic E-state index is 0.236. The molecule has 0 saturated carbocycles. The molecule has 0 bridgehead atoms. The largest absolute Gasteiger partial charge is 0.327 e. The van der Waals surface area contributed by atoms with Gasteiger partial charge in [-0.3, -0.25) is 0 Å². The Hall–Kier alpha value is -1.68. The molecule has 0 aliphatic carbocycles. The molecule has 1 aromatic carbocycles. The molecule has 0 radical (unpaired) electrons. The second-order valence-corrected chi connectivity index (χ2v) is 5.56. The minimum Gasteiger partial charge on any atom is -0.327 e. The number of aromatic nitrogens is 3. The standard InChI is InChI=1S/C17H26N4/c1-5-14(18)11-13-8-9-15(12(4)10-13)21-17(7-3)19-16(6-2)20-21/h8-10,14H,5-7,11,18H2,1-4H3. The molecule has 4 heteroatoms. The summed E-state index contributed by atoms with van der Waals surface area (Å²) in [7, 11) is 0. The Morgan fingerprint density at radius 3 is 2.52 bits per heavy atom. The van der Waals surface area contributed by atoms with Crippen LogP contribution in [0.3, 0.4) is 0 Å². The van der Waals surface area contributed by atoms with E-state index in [1.165, 1.54) is 11.1 Å². The number of nitrogens with two attached hydrogens (primary N) is 1. The molecule has 1 unspecified atom stereocenters. The second-order valence-electron chi connectivity index (χ2n) is 5.56. The molecule has 114 valence electrons. The third kappa shape index (κ3) is 3.50. The first-order valence-electron chi connectivity index (χ1n) is 7.89. The lowest BCUT2D eigenvalue weighted by Gasteiger charge is -2.12. The van der Waals surface area contributed by atoms with Gasteiger partial charge in [-0.25, -0.2) is 9.67 Å². The Morgan fingerprint density at radius 1 is 1.19 bits per heavy atom. The summed E-state index contributed by atoms with van der Waals surface area (Å²) in [6.45, 7) is 8.45. The summed E-state index contributed by atoms with van der Waals surface area (Å²) in [5.74, 6) is 1.93. The van der Waals surface area contributed by atoms with Crippen molar-refractivity contribution < 1.29 is 0 Å². The number of nitrogens with zero attached hydrogens (tertiary/aromatic N) is 3. The lowest BCUT2D eigenvalue weighted by Crippen LogP contribution is -2.21. The van der Waals surface area contributed by atoms with E-state index in [1.54, 1.807) is 0 Å². The number of rotatable bonds is 6. The maximum atomic E-state index is 6.04. The number of benzene rings is 1. The zero-order valence-electron chi connectivity index (χ0n) is 13.6. The smallest absolute Gasteiger partial charge is 0.151 e. The first-order valence-corrected chi connectivity index (χ1v) is 7.89. The van der Waals surface area contributed by atoms with Gasteiger partial charge in [-0.2, -0.15) is 5.10 Å². The molecule has 1 heterocycles. The predicted molar refractivity (Wildman–Crippen MR) is 86.8 cm³/mol. The molecule has 0 amide bonds. The minimum absolute atomic E-state index is 0.236. The summed E-state index contributed by atoms with van der Waals surface area (Å²) in [6, 6.07) is 6.75. The summed E-state index contributed by atoms with van der Waals surface area (Å²) in [5, 5.41) is 4.62. The van der Waals surface area contributed by atoms with Crippen LogP contribution in [0.15, 0.2) is 18.2 Å². The van der Waals surface area contributed by atoms with Crippen molar-refractivity contribution >= 4 is 0 Å². The lowest BCUT2D eigenvalue weighted by molar-refractivity contribution is 0.646. The molecule has 0 fully saturated rings. The SMILES string of the molecule is CCc1nc(CC)n(-c2ccc(CC(N)CC)cc2C)n1. The number of aryl methyl sites for hydroxylation is 3. The second kappa shape index (κ2) is 6.85. The molecule has 4 nitrogen and oxygen atoms in total. The highest BCUT2D eigenvalue weighted by Gasteiger charge is 2.12. The Kier molecular flexibility index (Phi) is 5.12. The molecule has 0 aliphatic rings. The molecule has 0 aliphatic heterocycles. The fourth-order valence-electron chi connectivity index (χ4n) is 2.49. The van der Waals surface area contributed by atoms with Gasteiger partial charge in [0, 0.05) is 18.9 Å². The van der Waals surface area contributed by atoms with Gasteiger partial charge in [-0.15, -0.1) is 0 Å². The Bertz CT molecular complexity index is 601. The fraction of sp³-hybridized carbons (Fsp3) is 0.529. The molecular weight excluding hydrogens is 260 g/mol. The zero-order chi connectivity index (χ0) is 15.4. The molecule has 1 aromatic heterocycles. The van der Waals surface area contributed by atoms with Crippen molar-refractivity contribution in [3.63, 3.8) is 0 Å². The summed E-state index contributed by atoms with van der Waals surface area (Å²) in [4.78, 5) is 4.58. The third-order valence-electron chi connectivity index (χ3n) is 3.86. The van der Waals surface area contributed by atoms with Crippen LogP contribution < -0.4 is 5.73 Å². The number of hydrogen-bond acceptors (Lipinski definition) is 3. The average Bonchev–Trinajstić information content (AvgIpc) is 2.90. The summed E-state index contributed by atoms with van der Waals surface area (Å²) in [5.41, 5.74) is 9.67. The van der Waals surface area contributed by atoms with Crippen molar-refractivity contribution in [3.8, 4) is 5.69 Å². The molecule has 2 aromatic rings. The Morgan fingerprint density at radius 2 is 1.95 bits per heavy atom. The monoisotopic (exact) mass is 286 g/mol. The summed E-state index contributed by atoms with van der Waals surface area (Å²) < 4.78 is 1.98. The molecule has 2 N–H and O–H groups in total. The Balaban J connectivity index is 2.34. The van der Waals surface area contributed by atoms with Crippen LogP contribution in [0.5, 0.6) is 0 Å². The molecule has 0 saturated heterocycles. The summed E-state index contributed by atoms with van der Waals surface area (Å²) >= 11 is 0. The van der Waals surface area contributed by atoms with Crippen molar-refractivity contribution in [1.82, 2.24) is 14.8 Å². The van der Waals surface area contributed by atoms with Crippen LogP contribution in [0.25, 0.3) is 5.69 Å². The highest BCUT2D eigenvalue weighted by molar-refractivity contribution is 5.43. The van der Waals surface area contributed by atoms with Gasteiger partial charge in [0.1, 0.15) is 5.82 Å². The van der Waals surface area contributed by atoms with E-state index in [0.29, 0.717) is 0 Å². The van der Waals surface area contributed by atoms with Crippen molar-refractivity contribution in [2.75, 3.05) is 0 Å². The molecule has 0 spiro atoms. The van der Waals surface area contributed by atoms with Crippen LogP contribution in [0.2, 0.25) is 0 Å². The van der Waals surface area contributed by atoms with Gasteiger partial charge in [-0.1, -0.05) is 32.9 Å². The predicted octanol–water partition coefficient (Wildman–Crippen LogP) is 2.98. The van der Waals surface area contributed by atoms with E-state index < -0.39 is 0 Å². The van der Waals surface area contributed by atoms with Crippen LogP contribution in [0.4, 0.5) is 0 Å². The summed E-state index contributed by atoms with van der Waals surface area (Å²) in [6.07, 6.45) is 3.68. The van der Waals surface area contributed by atoms with E-state index in [9.17, 15) is 0 Å². The van der Waals surface area contributed by atoms with E-state index >= 15 is 0 Å². The van der Waals surface area contributed by atoms with Crippen molar-refractivity contribution in [2.45, 2.75) is 59.4 Å². The molecular formula is C17H26N4. The van der Waals surface area contributed by atoms with Crippen molar-refractivity contribution in [2.24, 2.45) is 5.73 Å². The first kappa shape index (κ1) is 15.7. The fourth-order valence-corrected chi connectivity index (χ4v) is 2.49. The molecule has 21 heavy (non-hydrogen) atoms. The van der Waals surface area contributed by atoms with E-state index in [-0.39, 0.29) is 6.04 Å². The zero-order valence-corrected chi connectivity index (χ0v) is 13.6. The first-order chi connectivity index (χ1) is 10.1. The van der Waals surface area contributed by atoms with E-state index in [0.717, 1.165) is 43.0 Å². The quantitative estimate of drug-likeness (QED) is 0.888. The van der Waals surface area contributed by atoms with Crippen LogP contribution in [0, 0.1) is 6.92 Å². The van der Waals surface area contributed by atoms with Gasteiger partial charge in [0.05, 0.1) is 5.69 Å². The lowest BCUT2D eigenvalue weighted by atomic mass is 10.0. The van der Waals surface area contributed by atoms with Crippen molar-refractivity contribution in [3.05, 3.63) is 41.0 Å². The van der Waals surface area contributed by atoms with Crippen LogP contribution in [-0.2, 0) is 19.3 Å². The van der Waals surface area contributed by atoms with E-state index in [4.69, 9.17) is 5.73 Å². The van der Waals surface area contributed by atoms with Crippen LogP contribution in [-0.4, -0.2) is 20.8 Å². The van der Waals surface area contributed by atoms with Gasteiger partial charge in [0.15, 0.2) is 5.82 Å². The van der Waals surface area contributed by atoms with Crippen molar-refractivity contribution in [1.29, 1.82) is 0 Å². The number of hydrogen-bond donors (Lipinski definition) is 1. The van der Waals surface area contributed by atoms with Gasteiger partial charge in [-0.05, 0) is 37.0 Å². The van der Waals surface area contributed by atoms with Gasteiger partial charge in [0.25, 0.3) is 0 Å². The maximum absolute atomic E-state index is 6.04. The topological polar surface area (TPSA) is 56.7 Å². The van der Waals surface area contributed by atoms with E-state index in [2.05, 4.69) is 56.0 Å². The van der Waals surface area contributed by atoms with Crippen LogP contribution >= 0.6 is 0 Å². The maximum Gasteiger partial charge on any atom is 0.151 e. The molecule has 2 rings (SSSR count). The van der Waals surface area contributed by atoms with Crippen LogP contribution in [0.1, 0.15) is 50.0 Å². The van der Waals surface area contributed by atoms with Gasteiger partial charge >= 0.3 is 0 Å².